The SMILES string of the molecule is CN(C[C@](CCN1CCC2(CC1)NC(=O)Cc1ccccc12)(c1ccc(Cl)c(Cl)c1)N(C)C(=O)C(=O)Nc1ccccc1)C(=O)C(F)(F)F.CN[C@](CCN1CCC2(CC1)NC(=O)Cc1ccccc12)(CN(C)C(=O)C(F)(F)F)c1ccc(Cl)c(Cl)c1.O=C(Cl)C(=O)Nc1ccccc1.S.S. The van der Waals surface area contributed by atoms with Gasteiger partial charge in [0.2, 0.25) is 11.8 Å². The van der Waals surface area contributed by atoms with Gasteiger partial charge in [0.15, 0.2) is 0 Å². The van der Waals surface area contributed by atoms with Gasteiger partial charge in [0.25, 0.3) is 0 Å². The summed E-state index contributed by atoms with van der Waals surface area (Å²) >= 11 is 29.9. The number of alkyl halides is 6. The van der Waals surface area contributed by atoms with Crippen molar-refractivity contribution in [3.63, 3.8) is 0 Å². The molecule has 2 saturated heterocycles. The Balaban J connectivity index is 0.000000273. The quantitative estimate of drug-likeness (QED) is 0.0329. The number of benzene rings is 6. The number of amides is 7. The van der Waals surface area contributed by atoms with Crippen molar-refractivity contribution in [1.82, 2.24) is 40.4 Å². The van der Waals surface area contributed by atoms with E-state index < -0.39 is 75.8 Å². The van der Waals surface area contributed by atoms with Gasteiger partial charge in [0.05, 0.1) is 55.1 Å². The predicted molar refractivity (Wildman–Crippen MR) is 388 cm³/mol. The van der Waals surface area contributed by atoms with Crippen molar-refractivity contribution in [2.45, 2.75) is 85.9 Å². The maximum absolute atomic E-state index is 13.8. The van der Waals surface area contributed by atoms with Gasteiger partial charge in [0.1, 0.15) is 0 Å². The number of rotatable bonds is 17. The fourth-order valence-electron chi connectivity index (χ4n) is 13.3. The van der Waals surface area contributed by atoms with Gasteiger partial charge in [-0.05, 0) is 139 Å². The van der Waals surface area contributed by atoms with Crippen LogP contribution in [-0.4, -0.2) is 164 Å². The summed E-state index contributed by atoms with van der Waals surface area (Å²) in [5, 5.41) is 14.3. The monoisotopic (exact) mass is 1540 g/mol. The molecule has 0 aromatic heterocycles. The average Bonchev–Trinajstić information content (AvgIpc) is 0.771. The molecule has 18 nitrogen and oxygen atoms in total. The molecule has 0 aliphatic carbocycles. The van der Waals surface area contributed by atoms with Gasteiger partial charge in [-0.25, -0.2) is 0 Å². The predicted octanol–water partition coefficient (Wildman–Crippen LogP) is 11.5. The number of nitrogens with one attached hydrogen (secondary N) is 5. The van der Waals surface area contributed by atoms with Gasteiger partial charge >= 0.3 is 47.1 Å². The number of hydrogen-bond donors (Lipinski definition) is 5. The summed E-state index contributed by atoms with van der Waals surface area (Å²) in [5.41, 5.74) is 2.44. The molecule has 2 spiro atoms. The fraction of sp³-hybridized carbons (Fsp3) is 0.371. The van der Waals surface area contributed by atoms with Crippen LogP contribution in [0.15, 0.2) is 146 Å². The minimum atomic E-state index is -5.19. The molecule has 4 heterocycles. The molecular weight excluding hydrogens is 1460 g/mol. The average molecular weight is 1540 g/mol. The third-order valence-electron chi connectivity index (χ3n) is 18.6. The fourth-order valence-corrected chi connectivity index (χ4v) is 14.0. The lowest BCUT2D eigenvalue weighted by molar-refractivity contribution is -0.186. The lowest BCUT2D eigenvalue weighted by Gasteiger charge is -2.48. The number of likely N-dealkylation sites (N-methyl/N-ethyl adjacent to an activating group) is 4. The molecule has 6 aromatic carbocycles. The topological polar surface area (TPSA) is 213 Å². The Labute approximate surface area is 620 Å². The molecule has 4 aliphatic rings. The van der Waals surface area contributed by atoms with Crippen LogP contribution in [0.3, 0.4) is 0 Å². The van der Waals surface area contributed by atoms with Gasteiger partial charge in [-0.1, -0.05) is 143 Å². The van der Waals surface area contributed by atoms with Crippen molar-refractivity contribution >= 4 is 143 Å². The van der Waals surface area contributed by atoms with Crippen LogP contribution in [0, 0.1) is 0 Å². The van der Waals surface area contributed by atoms with Crippen LogP contribution in [0.25, 0.3) is 0 Å². The summed E-state index contributed by atoms with van der Waals surface area (Å²) < 4.78 is 80.7. The summed E-state index contributed by atoms with van der Waals surface area (Å²) in [6.45, 7) is 2.43. The number of hydrogen-bond acceptors (Lipinski definition) is 11. The zero-order valence-electron chi connectivity index (χ0n) is 55.3. The van der Waals surface area contributed by atoms with Crippen LogP contribution < -0.4 is 26.6 Å². The molecule has 10 rings (SSSR count). The number of nitrogens with zero attached hydrogens (tertiary/aromatic N) is 5. The normalized spacial score (nSPS) is 16.5. The number of carbonyl (C=O) groups is 8. The highest BCUT2D eigenvalue weighted by atomic mass is 35.5. The lowest BCUT2D eigenvalue weighted by Crippen LogP contribution is -2.59. The third-order valence-corrected chi connectivity index (χ3v) is 20.3. The van der Waals surface area contributed by atoms with Crippen LogP contribution >= 0.6 is 85.0 Å². The minimum absolute atomic E-state index is 0. The lowest BCUT2D eigenvalue weighted by atomic mass is 9.75. The van der Waals surface area contributed by atoms with Crippen LogP contribution in [0.4, 0.5) is 37.7 Å². The van der Waals surface area contributed by atoms with Gasteiger partial charge < -0.3 is 51.1 Å². The molecule has 31 heteroatoms. The Kier molecular flexibility index (Phi) is 29.0. The van der Waals surface area contributed by atoms with Crippen molar-refractivity contribution < 1.29 is 64.7 Å². The second kappa shape index (κ2) is 35.4. The molecular formula is C70H77Cl5F6N10O8S2. The second-order valence-electron chi connectivity index (χ2n) is 24.8. The van der Waals surface area contributed by atoms with Crippen molar-refractivity contribution in [3.05, 3.63) is 199 Å². The maximum atomic E-state index is 13.8. The Bertz CT molecular complexity index is 3950. The molecule has 0 unspecified atom stereocenters. The smallest absolute Gasteiger partial charge is 0.346 e. The van der Waals surface area contributed by atoms with Crippen LogP contribution in [0.1, 0.15) is 71.9 Å². The van der Waals surface area contributed by atoms with E-state index in [0.29, 0.717) is 96.6 Å². The van der Waals surface area contributed by atoms with Crippen LogP contribution in [0.5, 0.6) is 0 Å². The molecule has 5 N–H and O–H groups in total. The highest BCUT2D eigenvalue weighted by molar-refractivity contribution is 7.59. The van der Waals surface area contributed by atoms with Crippen molar-refractivity contribution in [3.8, 4) is 0 Å². The summed E-state index contributed by atoms with van der Waals surface area (Å²) in [6.07, 6.45) is -6.46. The largest absolute Gasteiger partial charge is 0.471 e. The van der Waals surface area contributed by atoms with E-state index >= 15 is 0 Å². The molecule has 0 saturated carbocycles. The number of fused-ring (bicyclic) bond motifs is 4. The summed E-state index contributed by atoms with van der Waals surface area (Å²) in [5.74, 6) is -6.94. The van der Waals surface area contributed by atoms with E-state index in [1.165, 1.54) is 25.2 Å². The Morgan fingerprint density at radius 3 is 1.32 bits per heavy atom. The van der Waals surface area contributed by atoms with Crippen LogP contribution in [-0.2, 0) is 73.4 Å². The third kappa shape index (κ3) is 20.4. The first-order valence-electron chi connectivity index (χ1n) is 31.4. The van der Waals surface area contributed by atoms with E-state index in [9.17, 15) is 64.7 Å². The minimum Gasteiger partial charge on any atom is -0.346 e. The number of carbonyl (C=O) groups excluding carboxylic acids is 8. The van der Waals surface area contributed by atoms with Crippen molar-refractivity contribution in [2.75, 3.05) is 91.2 Å². The number of halogens is 11. The first-order valence-corrected chi connectivity index (χ1v) is 33.3. The highest BCUT2D eigenvalue weighted by Crippen LogP contribution is 2.43. The zero-order valence-corrected chi connectivity index (χ0v) is 61.1. The zero-order chi connectivity index (χ0) is 72.3. The van der Waals surface area contributed by atoms with Crippen molar-refractivity contribution in [2.24, 2.45) is 0 Å². The molecule has 544 valence electrons. The Hall–Kier alpha value is -7.11. The molecule has 0 bridgehead atoms. The molecule has 4 aliphatic heterocycles. The van der Waals surface area contributed by atoms with E-state index in [1.807, 2.05) is 42.5 Å². The summed E-state index contributed by atoms with van der Waals surface area (Å²) in [4.78, 5) is 104. The standard InChI is InChI=1S/C35H36Cl2F3N5O4.C27H31Cl2F3N4O2.C8H6ClNO2.2H2S/c1-43(32(49)35(38,39)40)22-34(24-12-13-27(36)28(37)21-24,44(2)31(48)30(47)41-25-9-4-3-5-10-25)16-19-45-17-14-33(15-18-45)26-11-7-6-8-23(26)20-29(46)42-33;1-33-26(17-35(2)24(38)27(30,31)32,19-7-8-21(28)22(29)16-19)11-14-36-12-9-25(10-13-36)20-6-4-3-5-18(20)15-23(37)34-25;9-7(11)8(12)10-6-4-2-1-3-5-6;;/h3-13,21H,14-20,22H2,1-2H3,(H,41,47)(H,42,46);3-8,16,33H,9-15,17H2,1-2H3,(H,34,37);1-5H,(H,10,12);2*1H2/t34-;26-;;;/m11.../s1. The van der Waals surface area contributed by atoms with E-state index in [0.717, 1.165) is 54.1 Å². The van der Waals surface area contributed by atoms with Gasteiger partial charge in [-0.15, -0.1) is 0 Å². The summed E-state index contributed by atoms with van der Waals surface area (Å²) in [7, 11) is 5.13. The molecule has 2 atom stereocenters. The number of para-hydroxylation sites is 2. The first kappa shape index (κ1) is 82.8. The van der Waals surface area contributed by atoms with Crippen molar-refractivity contribution in [1.29, 1.82) is 0 Å². The van der Waals surface area contributed by atoms with E-state index in [2.05, 4.69) is 42.5 Å². The van der Waals surface area contributed by atoms with Gasteiger partial charge in [-0.2, -0.15) is 53.3 Å². The van der Waals surface area contributed by atoms with E-state index in [4.69, 9.17) is 58.0 Å². The molecule has 101 heavy (non-hydrogen) atoms. The van der Waals surface area contributed by atoms with Gasteiger partial charge in [-0.3, -0.25) is 38.4 Å². The molecule has 2 fully saturated rings. The molecule has 7 amide bonds. The van der Waals surface area contributed by atoms with E-state index in [1.54, 1.807) is 85.9 Å². The van der Waals surface area contributed by atoms with Gasteiger partial charge in [0, 0.05) is 84.9 Å². The molecule has 0 radical (unpaired) electrons. The maximum Gasteiger partial charge on any atom is 0.471 e. The van der Waals surface area contributed by atoms with Crippen LogP contribution in [0.2, 0.25) is 20.1 Å². The van der Waals surface area contributed by atoms with E-state index in [-0.39, 0.29) is 78.9 Å². The Morgan fingerprint density at radius 2 is 0.901 bits per heavy atom. The summed E-state index contributed by atoms with van der Waals surface area (Å²) in [6, 6.07) is 42.1. The first-order chi connectivity index (χ1) is 46.7. The Morgan fingerprint density at radius 1 is 0.515 bits per heavy atom. The number of likely N-dealkylation sites (tertiary alicyclic amines) is 2. The number of piperidine rings is 2. The second-order valence-corrected chi connectivity index (χ2v) is 26.8. The molecule has 6 aromatic rings. The highest BCUT2D eigenvalue weighted by Gasteiger charge is 2.50. The number of anilines is 2.